The van der Waals surface area contributed by atoms with Crippen molar-refractivity contribution in [2.24, 2.45) is 5.73 Å². The lowest BCUT2D eigenvalue weighted by atomic mass is 9.96. The van der Waals surface area contributed by atoms with E-state index < -0.39 is 36.1 Å². The quantitative estimate of drug-likeness (QED) is 0.579. The number of carbonyl (C=O) groups excluding carboxylic acids is 4. The first-order valence-corrected chi connectivity index (χ1v) is 10.0. The van der Waals surface area contributed by atoms with Crippen molar-refractivity contribution in [3.05, 3.63) is 24.3 Å². The predicted octanol–water partition coefficient (Wildman–Crippen LogP) is 1.08. The highest BCUT2D eigenvalue weighted by atomic mass is 32.2. The van der Waals surface area contributed by atoms with Crippen LogP contribution >= 0.6 is 11.8 Å². The molecule has 0 saturated heterocycles. The number of para-hydroxylation sites is 2. The number of carbonyl (C=O) groups is 4. The van der Waals surface area contributed by atoms with Gasteiger partial charge in [0.05, 0.1) is 11.4 Å². The van der Waals surface area contributed by atoms with E-state index in [2.05, 4.69) is 10.6 Å². The molecule has 0 aliphatic carbocycles. The number of fused-ring (bicyclic) bond motifs is 1. The van der Waals surface area contributed by atoms with E-state index in [-0.39, 0.29) is 5.91 Å². The molecule has 1 aromatic rings. The molecule has 4 amide bonds. The second-order valence-corrected chi connectivity index (χ2v) is 7.70. The minimum absolute atomic E-state index is 0.317. The van der Waals surface area contributed by atoms with Crippen LogP contribution in [0.5, 0.6) is 0 Å². The van der Waals surface area contributed by atoms with Crippen molar-refractivity contribution in [1.29, 1.82) is 0 Å². The maximum Gasteiger partial charge on any atom is 0.329 e. The number of hydrogen-bond donors (Lipinski definition) is 3. The number of benzene rings is 1. The molecule has 1 aromatic carbocycles. The van der Waals surface area contributed by atoms with Crippen molar-refractivity contribution in [2.45, 2.75) is 31.8 Å². The van der Waals surface area contributed by atoms with Crippen molar-refractivity contribution in [3.8, 4) is 0 Å². The lowest BCUT2D eigenvalue weighted by Crippen LogP contribution is -2.59. The van der Waals surface area contributed by atoms with Gasteiger partial charge in [-0.3, -0.25) is 14.5 Å². The molecule has 0 bridgehead atoms. The molecule has 1 aliphatic heterocycles. The second kappa shape index (κ2) is 8.96. The van der Waals surface area contributed by atoms with Crippen LogP contribution < -0.4 is 21.3 Å². The van der Waals surface area contributed by atoms with Gasteiger partial charge in [0.25, 0.3) is 5.91 Å². The highest BCUT2D eigenvalue weighted by molar-refractivity contribution is 7.98. The molecule has 152 valence electrons. The number of ether oxygens (including phenoxy) is 1. The van der Waals surface area contributed by atoms with Crippen LogP contribution in [0.3, 0.4) is 0 Å². The van der Waals surface area contributed by atoms with E-state index >= 15 is 0 Å². The molecule has 10 heteroatoms. The van der Waals surface area contributed by atoms with Gasteiger partial charge in [-0.1, -0.05) is 12.1 Å². The number of thioether (sulfide) groups is 1. The zero-order valence-corrected chi connectivity index (χ0v) is 16.8. The molecule has 0 spiro atoms. The molecule has 4 N–H and O–H groups in total. The fraction of sp³-hybridized carbons (Fsp3) is 0.444. The molecule has 28 heavy (non-hydrogen) atoms. The van der Waals surface area contributed by atoms with Gasteiger partial charge >= 0.3 is 12.0 Å². The van der Waals surface area contributed by atoms with Crippen molar-refractivity contribution >= 4 is 47.0 Å². The third-order valence-corrected chi connectivity index (χ3v) is 4.95. The summed E-state index contributed by atoms with van der Waals surface area (Å²) in [6.45, 7) is 2.64. The molecule has 1 atom stereocenters. The van der Waals surface area contributed by atoms with Gasteiger partial charge < -0.3 is 21.1 Å². The summed E-state index contributed by atoms with van der Waals surface area (Å²) in [4.78, 5) is 49.9. The summed E-state index contributed by atoms with van der Waals surface area (Å²) < 4.78 is 5.12. The average Bonchev–Trinajstić information content (AvgIpc) is 2.63. The zero-order chi connectivity index (χ0) is 20.9. The largest absolute Gasteiger partial charge is 0.454 e. The van der Waals surface area contributed by atoms with Crippen molar-refractivity contribution in [1.82, 2.24) is 5.32 Å². The number of rotatable bonds is 7. The SMILES string of the molecule is CSCC[C@H](NC(N)=O)C(=O)OCC(=O)N1c2ccccc2NC(=O)C1(C)C. The van der Waals surface area contributed by atoms with E-state index in [0.29, 0.717) is 23.5 Å². The molecule has 0 saturated carbocycles. The minimum atomic E-state index is -1.17. The van der Waals surface area contributed by atoms with Gasteiger partial charge in [0.2, 0.25) is 5.91 Å². The van der Waals surface area contributed by atoms with Crippen molar-refractivity contribution in [2.75, 3.05) is 28.8 Å². The lowest BCUT2D eigenvalue weighted by molar-refractivity contribution is -0.150. The topological polar surface area (TPSA) is 131 Å². The average molecular weight is 408 g/mol. The number of nitrogens with zero attached hydrogens (tertiary/aromatic N) is 1. The Balaban J connectivity index is 2.13. The van der Waals surface area contributed by atoms with Gasteiger partial charge in [-0.2, -0.15) is 11.8 Å². The van der Waals surface area contributed by atoms with E-state index in [0.717, 1.165) is 0 Å². The molecular formula is C18H24N4O5S. The first kappa shape index (κ1) is 21.5. The Morgan fingerprint density at radius 2 is 2.00 bits per heavy atom. The summed E-state index contributed by atoms with van der Waals surface area (Å²) in [7, 11) is 0. The lowest BCUT2D eigenvalue weighted by Gasteiger charge is -2.41. The van der Waals surface area contributed by atoms with Crippen LogP contribution in [-0.2, 0) is 19.1 Å². The van der Waals surface area contributed by atoms with Gasteiger partial charge in [-0.15, -0.1) is 0 Å². The normalized spacial score (nSPS) is 15.8. The highest BCUT2D eigenvalue weighted by Crippen LogP contribution is 2.36. The fourth-order valence-corrected chi connectivity index (χ4v) is 3.32. The van der Waals surface area contributed by atoms with Gasteiger partial charge in [-0.05, 0) is 44.4 Å². The van der Waals surface area contributed by atoms with Crippen LogP contribution in [0.25, 0.3) is 0 Å². The van der Waals surface area contributed by atoms with Crippen LogP contribution in [0.4, 0.5) is 16.2 Å². The van der Waals surface area contributed by atoms with Crippen LogP contribution in [0.1, 0.15) is 20.3 Å². The van der Waals surface area contributed by atoms with Gasteiger partial charge in [0.1, 0.15) is 11.6 Å². The van der Waals surface area contributed by atoms with Gasteiger partial charge in [0, 0.05) is 0 Å². The summed E-state index contributed by atoms with van der Waals surface area (Å²) in [6.07, 6.45) is 2.18. The first-order valence-electron chi connectivity index (χ1n) is 8.63. The summed E-state index contributed by atoms with van der Waals surface area (Å²) >= 11 is 1.49. The minimum Gasteiger partial charge on any atom is -0.454 e. The number of nitrogens with two attached hydrogens (primary N) is 1. The molecule has 0 unspecified atom stereocenters. The number of urea groups is 1. The van der Waals surface area contributed by atoms with Crippen LogP contribution in [0.2, 0.25) is 0 Å². The molecule has 1 aliphatic rings. The molecule has 9 nitrogen and oxygen atoms in total. The van der Waals surface area contributed by atoms with Crippen molar-refractivity contribution < 1.29 is 23.9 Å². The number of hydrogen-bond acceptors (Lipinski definition) is 6. The van der Waals surface area contributed by atoms with Crippen LogP contribution in [0, 0.1) is 0 Å². The van der Waals surface area contributed by atoms with Gasteiger partial charge in [0.15, 0.2) is 6.61 Å². The predicted molar refractivity (Wildman–Crippen MR) is 107 cm³/mol. The third kappa shape index (κ3) is 4.75. The van der Waals surface area contributed by atoms with E-state index in [1.807, 2.05) is 6.26 Å². The number of esters is 1. The molecule has 0 aromatic heterocycles. The Labute approximate surface area is 167 Å². The Bertz CT molecular complexity index is 783. The standard InChI is InChI=1S/C18H24N4O5S/c1-18(2)16(25)20-11-6-4-5-7-13(11)22(18)14(23)10-27-15(24)12(8-9-28-3)21-17(19)26/h4-7,12H,8-10H2,1-3H3,(H,20,25)(H3,19,21,26)/t12-/m0/s1. The molecule has 1 heterocycles. The number of anilines is 2. The van der Waals surface area contributed by atoms with E-state index in [4.69, 9.17) is 10.5 Å². The number of amides is 4. The Morgan fingerprint density at radius 3 is 2.64 bits per heavy atom. The van der Waals surface area contributed by atoms with Crippen LogP contribution in [0.15, 0.2) is 24.3 Å². The number of primary amides is 1. The molecular weight excluding hydrogens is 384 g/mol. The first-order chi connectivity index (χ1) is 13.2. The third-order valence-electron chi connectivity index (χ3n) is 4.31. The monoisotopic (exact) mass is 408 g/mol. The highest BCUT2D eigenvalue weighted by Gasteiger charge is 2.43. The van der Waals surface area contributed by atoms with E-state index in [1.165, 1.54) is 16.7 Å². The Hall–Kier alpha value is -2.75. The number of nitrogens with one attached hydrogen (secondary N) is 2. The van der Waals surface area contributed by atoms with Gasteiger partial charge in [-0.25, -0.2) is 9.59 Å². The second-order valence-electron chi connectivity index (χ2n) is 6.71. The zero-order valence-electron chi connectivity index (χ0n) is 16.0. The maximum atomic E-state index is 12.8. The molecule has 2 rings (SSSR count). The van der Waals surface area contributed by atoms with Crippen molar-refractivity contribution in [3.63, 3.8) is 0 Å². The maximum absolute atomic E-state index is 12.8. The molecule has 0 radical (unpaired) electrons. The summed E-state index contributed by atoms with van der Waals surface area (Å²) in [5.74, 6) is -1.06. The smallest absolute Gasteiger partial charge is 0.329 e. The summed E-state index contributed by atoms with van der Waals surface area (Å²) in [6, 6.07) is 5.08. The summed E-state index contributed by atoms with van der Waals surface area (Å²) in [5.41, 5.74) is 4.95. The Morgan fingerprint density at radius 1 is 1.32 bits per heavy atom. The Kier molecular flexibility index (Phi) is 6.90. The van der Waals surface area contributed by atoms with Crippen LogP contribution in [-0.4, -0.2) is 54.0 Å². The fourth-order valence-electron chi connectivity index (χ4n) is 2.85. The van der Waals surface area contributed by atoms with E-state index in [9.17, 15) is 19.2 Å². The summed E-state index contributed by atoms with van der Waals surface area (Å²) in [5, 5.41) is 5.08. The molecule has 0 fully saturated rings. The van der Waals surface area contributed by atoms with E-state index in [1.54, 1.807) is 38.1 Å².